The van der Waals surface area contributed by atoms with Crippen molar-refractivity contribution in [1.82, 2.24) is 15.3 Å². The molecule has 3 heterocycles. The van der Waals surface area contributed by atoms with Gasteiger partial charge in [-0.25, -0.2) is 9.97 Å². The van der Waals surface area contributed by atoms with Gasteiger partial charge in [-0.15, -0.1) is 11.3 Å². The lowest BCUT2D eigenvalue weighted by Crippen LogP contribution is -2.27. The van der Waals surface area contributed by atoms with Gasteiger partial charge in [0, 0.05) is 5.39 Å². The molecular formula is C18H15N3O2S2. The number of thioether (sulfide) groups is 1. The van der Waals surface area contributed by atoms with E-state index in [9.17, 15) is 4.79 Å². The number of hydrogen-bond acceptors (Lipinski definition) is 6. The number of thiophene rings is 1. The minimum Gasteiger partial charge on any atom is -0.459 e. The molecule has 0 aliphatic heterocycles. The Hall–Kier alpha value is -2.38. The van der Waals surface area contributed by atoms with E-state index in [0.29, 0.717) is 5.75 Å². The number of carbonyl (C=O) groups excluding carboxylic acids is 1. The molecule has 0 aliphatic rings. The highest BCUT2D eigenvalue weighted by Gasteiger charge is 2.15. The molecule has 0 spiro atoms. The number of nitrogens with one attached hydrogen (secondary N) is 1. The molecule has 3 aromatic heterocycles. The lowest BCUT2D eigenvalue weighted by molar-refractivity contribution is -0.119. The van der Waals surface area contributed by atoms with E-state index in [1.54, 1.807) is 11.3 Å². The van der Waals surface area contributed by atoms with E-state index in [-0.39, 0.29) is 11.9 Å². The van der Waals surface area contributed by atoms with E-state index < -0.39 is 0 Å². The van der Waals surface area contributed by atoms with Crippen LogP contribution in [0, 0.1) is 0 Å². The molecule has 1 N–H and O–H groups in total. The molecule has 1 atom stereocenters. The molecule has 4 rings (SSSR count). The van der Waals surface area contributed by atoms with Gasteiger partial charge in [-0.05, 0) is 30.5 Å². The normalized spacial score (nSPS) is 12.5. The van der Waals surface area contributed by atoms with Crippen LogP contribution in [0.4, 0.5) is 0 Å². The Balaban J connectivity index is 1.40. The smallest absolute Gasteiger partial charge is 0.231 e. The topological polar surface area (TPSA) is 68.0 Å². The van der Waals surface area contributed by atoms with Crippen LogP contribution in [-0.4, -0.2) is 21.6 Å². The Labute approximate surface area is 152 Å². The molecule has 7 heteroatoms. The van der Waals surface area contributed by atoms with Gasteiger partial charge >= 0.3 is 0 Å². The van der Waals surface area contributed by atoms with Gasteiger partial charge in [0.05, 0.1) is 22.0 Å². The van der Waals surface area contributed by atoms with E-state index in [1.165, 1.54) is 18.1 Å². The highest BCUT2D eigenvalue weighted by atomic mass is 32.2. The molecule has 0 fully saturated rings. The van der Waals surface area contributed by atoms with Crippen LogP contribution in [-0.2, 0) is 4.79 Å². The molecule has 126 valence electrons. The number of aromatic nitrogens is 2. The van der Waals surface area contributed by atoms with Crippen molar-refractivity contribution in [2.75, 3.05) is 5.75 Å². The van der Waals surface area contributed by atoms with Crippen molar-refractivity contribution in [1.29, 1.82) is 0 Å². The third-order valence-corrected chi connectivity index (χ3v) is 5.83. The third-order valence-electron chi connectivity index (χ3n) is 3.80. The van der Waals surface area contributed by atoms with Crippen molar-refractivity contribution in [3.63, 3.8) is 0 Å². The summed E-state index contributed by atoms with van der Waals surface area (Å²) in [6, 6.07) is 11.5. The number of amides is 1. The third kappa shape index (κ3) is 3.38. The number of nitrogens with zero attached hydrogens (tertiary/aromatic N) is 2. The summed E-state index contributed by atoms with van der Waals surface area (Å²) in [5, 5.41) is 6.83. The molecule has 0 unspecified atom stereocenters. The predicted molar refractivity (Wildman–Crippen MR) is 101 cm³/mol. The maximum atomic E-state index is 12.3. The summed E-state index contributed by atoms with van der Waals surface area (Å²) in [6.45, 7) is 1.92. The Kier molecular flexibility index (Phi) is 4.42. The van der Waals surface area contributed by atoms with Crippen LogP contribution in [0.15, 0.2) is 57.5 Å². The standard InChI is InChI=1S/C18H15N3O2S2/c1-11(15-8-12-4-2-3-5-14(12)23-15)21-16(22)9-25-18-17-13(6-7-24-17)19-10-20-18/h2-8,10-11H,9H2,1H3,(H,21,22)/t11-/m0/s1. The highest BCUT2D eigenvalue weighted by Crippen LogP contribution is 2.29. The fourth-order valence-corrected chi connectivity index (χ4v) is 4.33. The summed E-state index contributed by atoms with van der Waals surface area (Å²) in [6.07, 6.45) is 1.53. The van der Waals surface area contributed by atoms with E-state index in [4.69, 9.17) is 4.42 Å². The van der Waals surface area contributed by atoms with Crippen molar-refractivity contribution in [2.45, 2.75) is 18.0 Å². The first-order valence-electron chi connectivity index (χ1n) is 7.79. The van der Waals surface area contributed by atoms with Crippen molar-refractivity contribution >= 4 is 50.2 Å². The lowest BCUT2D eigenvalue weighted by atomic mass is 10.2. The average molecular weight is 369 g/mol. The maximum Gasteiger partial charge on any atom is 0.231 e. The van der Waals surface area contributed by atoms with Crippen LogP contribution in [0.5, 0.6) is 0 Å². The van der Waals surface area contributed by atoms with Gasteiger partial charge in [-0.1, -0.05) is 30.0 Å². The first-order valence-corrected chi connectivity index (χ1v) is 9.66. The molecule has 0 bridgehead atoms. The van der Waals surface area contributed by atoms with Crippen LogP contribution in [0.3, 0.4) is 0 Å². The Bertz CT molecular complexity index is 1010. The van der Waals surface area contributed by atoms with Crippen LogP contribution in [0.1, 0.15) is 18.7 Å². The Morgan fingerprint density at radius 3 is 3.08 bits per heavy atom. The van der Waals surface area contributed by atoms with E-state index in [1.807, 2.05) is 48.7 Å². The van der Waals surface area contributed by atoms with Gasteiger partial charge in [-0.2, -0.15) is 0 Å². The van der Waals surface area contributed by atoms with Crippen LogP contribution >= 0.6 is 23.1 Å². The fraction of sp³-hybridized carbons (Fsp3) is 0.167. The second-order valence-electron chi connectivity index (χ2n) is 5.58. The molecular weight excluding hydrogens is 354 g/mol. The van der Waals surface area contributed by atoms with Crippen molar-refractivity contribution < 1.29 is 9.21 Å². The molecule has 25 heavy (non-hydrogen) atoms. The fourth-order valence-electron chi connectivity index (χ4n) is 2.57. The van der Waals surface area contributed by atoms with Gasteiger partial charge in [0.1, 0.15) is 22.7 Å². The molecule has 4 aromatic rings. The van der Waals surface area contributed by atoms with Gasteiger partial charge < -0.3 is 9.73 Å². The lowest BCUT2D eigenvalue weighted by Gasteiger charge is -2.11. The van der Waals surface area contributed by atoms with E-state index in [0.717, 1.165) is 32.0 Å². The van der Waals surface area contributed by atoms with Crippen molar-refractivity contribution in [2.24, 2.45) is 0 Å². The summed E-state index contributed by atoms with van der Waals surface area (Å²) in [4.78, 5) is 20.8. The largest absolute Gasteiger partial charge is 0.459 e. The second-order valence-corrected chi connectivity index (χ2v) is 7.46. The van der Waals surface area contributed by atoms with Crippen molar-refractivity contribution in [3.8, 4) is 0 Å². The monoisotopic (exact) mass is 369 g/mol. The van der Waals surface area contributed by atoms with E-state index in [2.05, 4.69) is 15.3 Å². The molecule has 0 saturated heterocycles. The maximum absolute atomic E-state index is 12.3. The number of benzene rings is 1. The van der Waals surface area contributed by atoms with Gasteiger partial charge in [0.2, 0.25) is 5.91 Å². The summed E-state index contributed by atoms with van der Waals surface area (Å²) in [7, 11) is 0. The van der Waals surface area contributed by atoms with Crippen LogP contribution in [0.2, 0.25) is 0 Å². The number of furan rings is 1. The zero-order chi connectivity index (χ0) is 17.2. The Morgan fingerprint density at radius 2 is 2.20 bits per heavy atom. The first kappa shape index (κ1) is 16.1. The number of carbonyl (C=O) groups is 1. The molecule has 0 saturated carbocycles. The van der Waals surface area contributed by atoms with Crippen molar-refractivity contribution in [3.05, 3.63) is 53.9 Å². The number of para-hydroxylation sites is 1. The average Bonchev–Trinajstić information content (AvgIpc) is 3.26. The first-order chi connectivity index (χ1) is 12.2. The number of hydrogen-bond donors (Lipinski definition) is 1. The summed E-state index contributed by atoms with van der Waals surface area (Å²) in [5.74, 6) is 0.998. The minimum atomic E-state index is -0.187. The SMILES string of the molecule is C[C@H](NC(=O)CSc1ncnc2ccsc12)c1cc2ccccc2o1. The Morgan fingerprint density at radius 1 is 1.32 bits per heavy atom. The molecule has 0 aliphatic carbocycles. The summed E-state index contributed by atoms with van der Waals surface area (Å²) in [5.41, 5.74) is 1.74. The molecule has 1 amide bonds. The van der Waals surface area contributed by atoms with Gasteiger partial charge in [0.15, 0.2) is 0 Å². The van der Waals surface area contributed by atoms with Crippen LogP contribution < -0.4 is 5.32 Å². The zero-order valence-electron chi connectivity index (χ0n) is 13.4. The summed E-state index contributed by atoms with van der Waals surface area (Å²) < 4.78 is 6.82. The predicted octanol–water partition coefficient (Wildman–Crippen LogP) is 4.41. The minimum absolute atomic E-state index is 0.0544. The number of rotatable bonds is 5. The number of fused-ring (bicyclic) bond motifs is 2. The second kappa shape index (κ2) is 6.85. The van der Waals surface area contributed by atoms with E-state index >= 15 is 0 Å². The molecule has 0 radical (unpaired) electrons. The zero-order valence-corrected chi connectivity index (χ0v) is 15.1. The van der Waals surface area contributed by atoms with Gasteiger partial charge in [-0.3, -0.25) is 4.79 Å². The van der Waals surface area contributed by atoms with Crippen LogP contribution in [0.25, 0.3) is 21.2 Å². The summed E-state index contributed by atoms with van der Waals surface area (Å²) >= 11 is 3.01. The van der Waals surface area contributed by atoms with Gasteiger partial charge in [0.25, 0.3) is 0 Å². The quantitative estimate of drug-likeness (QED) is 0.417. The molecule has 5 nitrogen and oxygen atoms in total. The highest BCUT2D eigenvalue weighted by molar-refractivity contribution is 8.00. The molecule has 1 aromatic carbocycles.